The van der Waals surface area contributed by atoms with Crippen LogP contribution in [0.4, 0.5) is 5.69 Å². The Labute approximate surface area is 145 Å². The van der Waals surface area contributed by atoms with E-state index in [4.69, 9.17) is 0 Å². The maximum Gasteiger partial charge on any atom is 0.248 e. The molecule has 2 rings (SSSR count). The minimum Gasteiger partial charge on any atom is -0.317 e. The Morgan fingerprint density at radius 2 is 1.62 bits per heavy atom. The van der Waals surface area contributed by atoms with Crippen molar-refractivity contribution in [2.45, 2.75) is 43.8 Å². The Bertz CT molecular complexity index is 697. The average molecular weight is 353 g/mol. The van der Waals surface area contributed by atoms with Crippen LogP contribution in [0.3, 0.4) is 0 Å². The number of piperidine rings is 1. The molecule has 134 valence electrons. The molecule has 0 unspecified atom stereocenters. The molecule has 0 bridgehead atoms. The molecule has 1 saturated heterocycles. The van der Waals surface area contributed by atoms with Gasteiger partial charge < -0.3 is 10.2 Å². The van der Waals surface area contributed by atoms with Crippen LogP contribution in [0, 0.1) is 0 Å². The molecule has 1 aliphatic rings. The van der Waals surface area contributed by atoms with E-state index in [2.05, 4.69) is 26.1 Å². The first kappa shape index (κ1) is 18.9. The Kier molecular flexibility index (Phi) is 5.11. The lowest BCUT2D eigenvalue weighted by molar-refractivity contribution is -0.121. The maximum absolute atomic E-state index is 13.1. The number of amides is 1. The Morgan fingerprint density at radius 1 is 1.12 bits per heavy atom. The monoisotopic (exact) mass is 352 g/mol. The molecular formula is C18H28N2O3S. The minimum atomic E-state index is -3.50. The molecule has 0 atom stereocenters. The molecule has 0 spiro atoms. The lowest BCUT2D eigenvalue weighted by Gasteiger charge is -2.37. The van der Waals surface area contributed by atoms with Gasteiger partial charge in [-0.3, -0.25) is 4.79 Å². The van der Waals surface area contributed by atoms with Gasteiger partial charge in [0.2, 0.25) is 5.91 Å². The van der Waals surface area contributed by atoms with Crippen molar-refractivity contribution < 1.29 is 13.2 Å². The van der Waals surface area contributed by atoms with E-state index in [1.807, 2.05) is 24.3 Å². The molecule has 0 saturated carbocycles. The summed E-state index contributed by atoms with van der Waals surface area (Å²) >= 11 is 0. The van der Waals surface area contributed by atoms with Crippen LogP contribution in [-0.2, 0) is 20.0 Å². The van der Waals surface area contributed by atoms with Gasteiger partial charge in [-0.15, -0.1) is 0 Å². The number of benzene rings is 1. The van der Waals surface area contributed by atoms with Crippen LogP contribution < -0.4 is 10.2 Å². The van der Waals surface area contributed by atoms with E-state index in [-0.39, 0.29) is 11.3 Å². The summed E-state index contributed by atoms with van der Waals surface area (Å²) in [4.78, 5) is 14.6. The van der Waals surface area contributed by atoms with Crippen molar-refractivity contribution in [3.8, 4) is 0 Å². The van der Waals surface area contributed by atoms with Crippen LogP contribution in [0.15, 0.2) is 24.3 Å². The number of hydrogen-bond donors (Lipinski definition) is 1. The van der Waals surface area contributed by atoms with Crippen molar-refractivity contribution in [3.63, 3.8) is 0 Å². The van der Waals surface area contributed by atoms with Gasteiger partial charge >= 0.3 is 0 Å². The second-order valence-corrected chi connectivity index (χ2v) is 10.0. The van der Waals surface area contributed by atoms with Gasteiger partial charge in [0.1, 0.15) is 0 Å². The fourth-order valence-electron chi connectivity index (χ4n) is 3.18. The summed E-state index contributed by atoms with van der Waals surface area (Å²) < 4.78 is 23.5. The lowest BCUT2D eigenvalue weighted by Crippen LogP contribution is -2.57. The molecule has 5 nitrogen and oxygen atoms in total. The zero-order valence-electron chi connectivity index (χ0n) is 15.2. The van der Waals surface area contributed by atoms with Gasteiger partial charge in [0.15, 0.2) is 14.6 Å². The number of anilines is 1. The summed E-state index contributed by atoms with van der Waals surface area (Å²) in [6.45, 7) is 7.46. The molecule has 24 heavy (non-hydrogen) atoms. The summed E-state index contributed by atoms with van der Waals surface area (Å²) in [5.41, 5.74) is 1.92. The molecule has 1 N–H and O–H groups in total. The predicted molar refractivity (Wildman–Crippen MR) is 98.2 cm³/mol. The molecule has 0 radical (unpaired) electrons. The van der Waals surface area contributed by atoms with E-state index in [1.165, 1.54) is 16.7 Å². The van der Waals surface area contributed by atoms with Crippen LogP contribution in [0.1, 0.15) is 39.2 Å². The fourth-order valence-corrected chi connectivity index (χ4v) is 4.58. The molecular weight excluding hydrogens is 324 g/mol. The average Bonchev–Trinajstić information content (AvgIpc) is 2.52. The number of rotatable bonds is 3. The Hall–Kier alpha value is -1.40. The Morgan fingerprint density at radius 3 is 2.04 bits per heavy atom. The summed E-state index contributed by atoms with van der Waals surface area (Å²) in [5, 5.41) is 3.13. The molecule has 1 aromatic rings. The van der Waals surface area contributed by atoms with Crippen molar-refractivity contribution in [1.82, 2.24) is 5.32 Å². The van der Waals surface area contributed by atoms with Crippen molar-refractivity contribution in [2.75, 3.05) is 31.3 Å². The van der Waals surface area contributed by atoms with Crippen LogP contribution in [0.5, 0.6) is 0 Å². The molecule has 1 heterocycles. The predicted octanol–water partition coefficient (Wildman–Crippen LogP) is 2.11. The molecule has 0 aliphatic carbocycles. The zero-order chi connectivity index (χ0) is 18.2. The molecule has 1 aromatic carbocycles. The third kappa shape index (κ3) is 3.49. The number of carbonyl (C=O) groups excluding carboxylic acids is 1. The van der Waals surface area contributed by atoms with Crippen LogP contribution in [-0.4, -0.2) is 45.5 Å². The number of nitrogens with one attached hydrogen (secondary N) is 1. The van der Waals surface area contributed by atoms with E-state index in [9.17, 15) is 13.2 Å². The first-order valence-corrected chi connectivity index (χ1v) is 10.2. The smallest absolute Gasteiger partial charge is 0.248 e. The van der Waals surface area contributed by atoms with Crippen molar-refractivity contribution in [1.29, 1.82) is 0 Å². The standard InChI is InChI=1S/C18H28N2O3S/c1-17(2,3)14-6-8-15(9-7-14)20(4)16(21)18(24(5,22)23)10-12-19-13-11-18/h6-9,19H,10-13H2,1-5H3. The van der Waals surface area contributed by atoms with Gasteiger partial charge in [-0.05, 0) is 49.0 Å². The molecule has 0 aromatic heterocycles. The number of sulfone groups is 1. The van der Waals surface area contributed by atoms with Gasteiger partial charge in [0.25, 0.3) is 0 Å². The second-order valence-electron chi connectivity index (χ2n) is 7.68. The normalized spacial score (nSPS) is 18.2. The summed E-state index contributed by atoms with van der Waals surface area (Å²) in [5.74, 6) is -0.338. The van der Waals surface area contributed by atoms with Gasteiger partial charge in [0.05, 0.1) is 0 Å². The quantitative estimate of drug-likeness (QED) is 0.905. The van der Waals surface area contributed by atoms with Crippen LogP contribution >= 0.6 is 0 Å². The van der Waals surface area contributed by atoms with E-state index in [0.29, 0.717) is 25.9 Å². The van der Waals surface area contributed by atoms with E-state index in [0.717, 1.165) is 5.69 Å². The third-order valence-electron chi connectivity index (χ3n) is 4.94. The second kappa shape index (κ2) is 6.48. The van der Waals surface area contributed by atoms with Gasteiger partial charge in [0, 0.05) is 19.0 Å². The molecule has 1 amide bonds. The third-order valence-corrected chi connectivity index (χ3v) is 6.94. The highest BCUT2D eigenvalue weighted by molar-refractivity contribution is 7.92. The van der Waals surface area contributed by atoms with Crippen molar-refractivity contribution in [3.05, 3.63) is 29.8 Å². The molecule has 1 aliphatic heterocycles. The summed E-state index contributed by atoms with van der Waals surface area (Å²) in [6.07, 6.45) is 1.80. The molecule has 6 heteroatoms. The molecule has 1 fully saturated rings. The highest BCUT2D eigenvalue weighted by atomic mass is 32.2. The number of carbonyl (C=O) groups is 1. The number of nitrogens with zero attached hydrogens (tertiary/aromatic N) is 1. The van der Waals surface area contributed by atoms with Gasteiger partial charge in [-0.2, -0.15) is 0 Å². The summed E-state index contributed by atoms with van der Waals surface area (Å²) in [7, 11) is -1.85. The first-order valence-electron chi connectivity index (χ1n) is 8.28. The topological polar surface area (TPSA) is 66.5 Å². The van der Waals surface area contributed by atoms with Crippen molar-refractivity contribution in [2.24, 2.45) is 0 Å². The van der Waals surface area contributed by atoms with Gasteiger partial charge in [-0.25, -0.2) is 8.42 Å². The maximum atomic E-state index is 13.1. The highest BCUT2D eigenvalue weighted by Gasteiger charge is 2.50. The minimum absolute atomic E-state index is 0.0319. The van der Waals surface area contributed by atoms with E-state index < -0.39 is 14.6 Å². The highest BCUT2D eigenvalue weighted by Crippen LogP contribution is 2.32. The number of hydrogen-bond acceptors (Lipinski definition) is 4. The van der Waals surface area contributed by atoms with E-state index in [1.54, 1.807) is 7.05 Å². The van der Waals surface area contributed by atoms with Crippen LogP contribution in [0.25, 0.3) is 0 Å². The largest absolute Gasteiger partial charge is 0.317 e. The zero-order valence-corrected chi connectivity index (χ0v) is 16.0. The van der Waals surface area contributed by atoms with Crippen LogP contribution in [0.2, 0.25) is 0 Å². The lowest BCUT2D eigenvalue weighted by atomic mass is 9.87. The first-order chi connectivity index (χ1) is 11.0. The summed E-state index contributed by atoms with van der Waals surface area (Å²) in [6, 6.07) is 7.76. The van der Waals surface area contributed by atoms with E-state index >= 15 is 0 Å². The SMILES string of the molecule is CN(C(=O)C1(S(C)(=O)=O)CCNCC1)c1ccc(C(C)(C)C)cc1. The van der Waals surface area contributed by atoms with Gasteiger partial charge in [-0.1, -0.05) is 32.9 Å². The Balaban J connectivity index is 2.33. The van der Waals surface area contributed by atoms with Crippen molar-refractivity contribution >= 4 is 21.4 Å². The fraction of sp³-hybridized carbons (Fsp3) is 0.611.